The average molecular weight is 612 g/mol. The zero-order valence-electron chi connectivity index (χ0n) is 18.5. The molecule has 0 aliphatic carbocycles. The number of aryl methyl sites for hydroxylation is 1. The lowest BCUT2D eigenvalue weighted by molar-refractivity contribution is 0.403. The predicted octanol–water partition coefficient (Wildman–Crippen LogP) is 9.60. The highest BCUT2D eigenvalue weighted by molar-refractivity contribution is 14.1. The zero-order chi connectivity index (χ0) is 21.6. The molecule has 0 unspecified atom stereocenters. The lowest BCUT2D eigenvalue weighted by Crippen LogP contribution is -2.16. The number of rotatable bonds is 9. The second kappa shape index (κ2) is 11.1. The number of benzene rings is 2. The molecule has 0 bridgehead atoms. The first-order chi connectivity index (χ1) is 13.7. The van der Waals surface area contributed by atoms with E-state index in [9.17, 15) is 0 Å². The minimum atomic E-state index is 0.187. The highest BCUT2D eigenvalue weighted by Gasteiger charge is 2.23. The second-order valence-corrected chi connectivity index (χ2v) is 11.0. The van der Waals surface area contributed by atoms with Crippen LogP contribution in [0.5, 0.6) is 0 Å². The van der Waals surface area contributed by atoms with Gasteiger partial charge >= 0.3 is 0 Å². The monoisotopic (exact) mass is 612 g/mol. The van der Waals surface area contributed by atoms with Crippen molar-refractivity contribution in [1.29, 1.82) is 0 Å². The van der Waals surface area contributed by atoms with Crippen LogP contribution in [-0.2, 0) is 6.42 Å². The van der Waals surface area contributed by atoms with E-state index in [1.165, 1.54) is 53.4 Å². The van der Waals surface area contributed by atoms with E-state index in [4.69, 9.17) is 0 Å². The van der Waals surface area contributed by atoms with Gasteiger partial charge in [0.1, 0.15) is 0 Å². The van der Waals surface area contributed by atoms with Crippen molar-refractivity contribution in [3.8, 4) is 11.1 Å². The van der Waals surface area contributed by atoms with Crippen LogP contribution in [-0.4, -0.2) is 0 Å². The molecule has 0 amide bonds. The Morgan fingerprint density at radius 1 is 0.931 bits per heavy atom. The summed E-state index contributed by atoms with van der Waals surface area (Å²) in [6.07, 6.45) is 5.89. The van der Waals surface area contributed by atoms with E-state index in [1.54, 1.807) is 0 Å². The minimum absolute atomic E-state index is 0.187. The standard InChI is InChI=1S/C27H34I2/c1-7-8-9-24(19(2)3)20(4)27(5,6)17-16-21-10-12-22(13-11-21)23-14-15-25(28)26(29)18-23/h10-15,18H,2,7-9,16-17H2,1,3-6H3/b24-20+. The van der Waals surface area contributed by atoms with Gasteiger partial charge in [-0.1, -0.05) is 75.2 Å². The molecule has 2 aromatic carbocycles. The van der Waals surface area contributed by atoms with Gasteiger partial charge in [-0.3, -0.25) is 0 Å². The molecule has 2 aromatic rings. The lowest BCUT2D eigenvalue weighted by Gasteiger charge is -2.29. The van der Waals surface area contributed by atoms with Crippen LogP contribution in [0, 0.1) is 12.6 Å². The number of hydrogen-bond donors (Lipinski definition) is 0. The highest BCUT2D eigenvalue weighted by atomic mass is 127. The molecule has 0 radical (unpaired) electrons. The van der Waals surface area contributed by atoms with Crippen LogP contribution in [0.4, 0.5) is 0 Å². The van der Waals surface area contributed by atoms with Crippen molar-refractivity contribution in [2.45, 2.75) is 66.7 Å². The molecule has 0 saturated heterocycles. The maximum absolute atomic E-state index is 4.25. The SMILES string of the molecule is C=C(C)/C(CCCC)=C(\C)C(C)(C)CCc1ccc(-c2ccc(I)c(I)c2)cc1. The van der Waals surface area contributed by atoms with Crippen molar-refractivity contribution < 1.29 is 0 Å². The van der Waals surface area contributed by atoms with Gasteiger partial charge in [0.05, 0.1) is 0 Å². The summed E-state index contributed by atoms with van der Waals surface area (Å²) in [5, 5.41) is 0. The third-order valence-electron chi connectivity index (χ3n) is 6.01. The Hall–Kier alpha value is -0.620. The van der Waals surface area contributed by atoms with Crippen molar-refractivity contribution >= 4 is 45.2 Å². The van der Waals surface area contributed by atoms with E-state index in [0.29, 0.717) is 0 Å². The Balaban J connectivity index is 2.11. The Bertz CT molecular complexity index is 870. The summed E-state index contributed by atoms with van der Waals surface area (Å²) < 4.78 is 2.62. The first kappa shape index (κ1) is 24.6. The molecule has 0 aromatic heterocycles. The first-order valence-electron chi connectivity index (χ1n) is 10.6. The van der Waals surface area contributed by atoms with E-state index in [-0.39, 0.29) is 5.41 Å². The fraction of sp³-hybridized carbons (Fsp3) is 0.407. The van der Waals surface area contributed by atoms with Gasteiger partial charge in [0.25, 0.3) is 0 Å². The van der Waals surface area contributed by atoms with E-state index in [1.807, 2.05) is 0 Å². The van der Waals surface area contributed by atoms with Gasteiger partial charge < -0.3 is 0 Å². The molecule has 156 valence electrons. The van der Waals surface area contributed by atoms with Crippen molar-refractivity contribution in [2.24, 2.45) is 5.41 Å². The molecule has 0 nitrogen and oxygen atoms in total. The van der Waals surface area contributed by atoms with Crippen LogP contribution < -0.4 is 0 Å². The maximum Gasteiger partial charge on any atom is 0.0270 e. The van der Waals surface area contributed by atoms with Crippen LogP contribution >= 0.6 is 45.2 Å². The average Bonchev–Trinajstić information content (AvgIpc) is 2.69. The molecule has 0 atom stereocenters. The normalized spacial score (nSPS) is 12.7. The van der Waals surface area contributed by atoms with Gasteiger partial charge in [0.2, 0.25) is 0 Å². The van der Waals surface area contributed by atoms with Gasteiger partial charge in [-0.25, -0.2) is 0 Å². The molecule has 0 N–H and O–H groups in total. The molecule has 0 aliphatic rings. The summed E-state index contributed by atoms with van der Waals surface area (Å²) in [6.45, 7) is 15.8. The predicted molar refractivity (Wildman–Crippen MR) is 146 cm³/mol. The van der Waals surface area contributed by atoms with Crippen molar-refractivity contribution in [1.82, 2.24) is 0 Å². The summed E-state index contributed by atoms with van der Waals surface area (Å²) >= 11 is 4.80. The van der Waals surface area contributed by atoms with Crippen LogP contribution in [0.3, 0.4) is 0 Å². The van der Waals surface area contributed by atoms with Gasteiger partial charge in [-0.2, -0.15) is 0 Å². The fourth-order valence-corrected chi connectivity index (χ4v) is 4.52. The highest BCUT2D eigenvalue weighted by Crippen LogP contribution is 2.37. The third-order valence-corrected chi connectivity index (χ3v) is 8.87. The number of halogens is 2. The van der Waals surface area contributed by atoms with Crippen LogP contribution in [0.2, 0.25) is 0 Å². The number of hydrogen-bond acceptors (Lipinski definition) is 0. The molecule has 0 heterocycles. The fourth-order valence-electron chi connectivity index (χ4n) is 3.67. The third kappa shape index (κ3) is 6.95. The van der Waals surface area contributed by atoms with E-state index < -0.39 is 0 Å². The maximum atomic E-state index is 4.25. The second-order valence-electron chi connectivity index (χ2n) is 8.70. The van der Waals surface area contributed by atoms with Gasteiger partial charge in [0.15, 0.2) is 0 Å². The van der Waals surface area contributed by atoms with E-state index >= 15 is 0 Å². The Kier molecular flexibility index (Phi) is 9.46. The number of allylic oxidation sites excluding steroid dienone is 3. The molecule has 0 spiro atoms. The quantitative estimate of drug-likeness (QED) is 0.196. The van der Waals surface area contributed by atoms with E-state index in [0.717, 1.165) is 19.3 Å². The Morgan fingerprint density at radius 3 is 2.10 bits per heavy atom. The summed E-state index contributed by atoms with van der Waals surface area (Å²) in [5.74, 6) is 0. The van der Waals surface area contributed by atoms with Gasteiger partial charge in [0, 0.05) is 7.14 Å². The molecule has 0 saturated carbocycles. The molecule has 29 heavy (non-hydrogen) atoms. The minimum Gasteiger partial charge on any atom is -0.0958 e. The smallest absolute Gasteiger partial charge is 0.0270 e. The summed E-state index contributed by atoms with van der Waals surface area (Å²) in [7, 11) is 0. The Morgan fingerprint density at radius 2 is 1.55 bits per heavy atom. The van der Waals surface area contributed by atoms with Gasteiger partial charge in [-0.15, -0.1) is 0 Å². The Labute approximate surface area is 205 Å². The molecule has 0 aliphatic heterocycles. The zero-order valence-corrected chi connectivity index (χ0v) is 22.9. The van der Waals surface area contributed by atoms with Crippen LogP contribution in [0.1, 0.15) is 65.9 Å². The molecule has 2 rings (SSSR count). The first-order valence-corrected chi connectivity index (χ1v) is 12.7. The molecule has 0 fully saturated rings. The topological polar surface area (TPSA) is 0 Å². The molecular weight excluding hydrogens is 578 g/mol. The lowest BCUT2D eigenvalue weighted by atomic mass is 9.76. The summed E-state index contributed by atoms with van der Waals surface area (Å²) in [6, 6.07) is 15.8. The number of unbranched alkanes of at least 4 members (excludes halogenated alkanes) is 1. The van der Waals surface area contributed by atoms with Crippen LogP contribution in [0.15, 0.2) is 65.8 Å². The largest absolute Gasteiger partial charge is 0.0958 e. The van der Waals surface area contributed by atoms with Crippen LogP contribution in [0.25, 0.3) is 11.1 Å². The summed E-state index contributed by atoms with van der Waals surface area (Å²) in [4.78, 5) is 0. The van der Waals surface area contributed by atoms with Gasteiger partial charge in [-0.05, 0) is 125 Å². The summed E-state index contributed by atoms with van der Waals surface area (Å²) in [5.41, 5.74) is 8.43. The van der Waals surface area contributed by atoms with Crippen molar-refractivity contribution in [2.75, 3.05) is 0 Å². The molecular formula is C27H34I2. The molecule has 2 heteroatoms. The van der Waals surface area contributed by atoms with Crippen molar-refractivity contribution in [3.63, 3.8) is 0 Å². The van der Waals surface area contributed by atoms with Crippen molar-refractivity contribution in [3.05, 3.63) is 78.5 Å². The van der Waals surface area contributed by atoms with E-state index in [2.05, 4.69) is 129 Å².